The molecule has 1 atom stereocenters. The zero-order chi connectivity index (χ0) is 14.0. The highest BCUT2D eigenvalue weighted by Gasteiger charge is 2.27. The van der Waals surface area contributed by atoms with Crippen LogP contribution in [0.4, 0.5) is 5.69 Å². The van der Waals surface area contributed by atoms with E-state index >= 15 is 0 Å². The van der Waals surface area contributed by atoms with Crippen LogP contribution in [0, 0.1) is 5.41 Å². The SMILES string of the molecule is CC(C)(C)C(N)C(=O)Nc1cccc2ccncc12. The van der Waals surface area contributed by atoms with E-state index in [9.17, 15) is 4.79 Å². The molecular formula is C15H19N3O. The molecule has 2 aromatic rings. The van der Waals surface area contributed by atoms with Crippen molar-refractivity contribution < 1.29 is 4.79 Å². The van der Waals surface area contributed by atoms with E-state index in [0.717, 1.165) is 16.5 Å². The highest BCUT2D eigenvalue weighted by molar-refractivity contribution is 6.03. The molecule has 1 amide bonds. The van der Waals surface area contributed by atoms with Gasteiger partial charge in [0.05, 0.1) is 11.7 Å². The van der Waals surface area contributed by atoms with E-state index in [1.54, 1.807) is 12.4 Å². The van der Waals surface area contributed by atoms with Crippen LogP contribution in [0.15, 0.2) is 36.7 Å². The predicted octanol–water partition coefficient (Wildman–Crippen LogP) is 2.55. The first-order valence-corrected chi connectivity index (χ1v) is 6.29. The van der Waals surface area contributed by atoms with Gasteiger partial charge in [0.15, 0.2) is 0 Å². The molecule has 0 aliphatic rings. The minimum atomic E-state index is -0.556. The Kier molecular flexibility index (Phi) is 3.53. The van der Waals surface area contributed by atoms with Gasteiger partial charge in [-0.3, -0.25) is 9.78 Å². The van der Waals surface area contributed by atoms with Gasteiger partial charge in [0.2, 0.25) is 5.91 Å². The average molecular weight is 257 g/mol. The molecule has 0 aliphatic carbocycles. The van der Waals surface area contributed by atoms with Crippen molar-refractivity contribution in [1.82, 2.24) is 4.98 Å². The van der Waals surface area contributed by atoms with Crippen LogP contribution in [0.25, 0.3) is 10.8 Å². The molecule has 0 saturated heterocycles. The van der Waals surface area contributed by atoms with Crippen LogP contribution in [0.1, 0.15) is 20.8 Å². The van der Waals surface area contributed by atoms with Crippen molar-refractivity contribution in [2.24, 2.45) is 11.1 Å². The number of fused-ring (bicyclic) bond motifs is 1. The molecule has 0 spiro atoms. The maximum Gasteiger partial charge on any atom is 0.241 e. The molecule has 3 N–H and O–H groups in total. The number of nitrogens with zero attached hydrogens (tertiary/aromatic N) is 1. The van der Waals surface area contributed by atoms with Gasteiger partial charge in [-0.15, -0.1) is 0 Å². The van der Waals surface area contributed by atoms with E-state index in [0.29, 0.717) is 0 Å². The molecule has 1 aromatic carbocycles. The average Bonchev–Trinajstić information content (AvgIpc) is 2.37. The molecule has 0 fully saturated rings. The van der Waals surface area contributed by atoms with Crippen LogP contribution in [0.2, 0.25) is 0 Å². The van der Waals surface area contributed by atoms with Gasteiger partial charge >= 0.3 is 0 Å². The van der Waals surface area contributed by atoms with Gasteiger partial charge in [0, 0.05) is 17.8 Å². The molecule has 1 unspecified atom stereocenters. The highest BCUT2D eigenvalue weighted by atomic mass is 16.2. The number of nitrogens with two attached hydrogens (primary N) is 1. The van der Waals surface area contributed by atoms with Crippen molar-refractivity contribution in [2.75, 3.05) is 5.32 Å². The number of rotatable bonds is 2. The number of hydrogen-bond donors (Lipinski definition) is 2. The van der Waals surface area contributed by atoms with E-state index in [1.165, 1.54) is 0 Å². The lowest BCUT2D eigenvalue weighted by Gasteiger charge is -2.26. The molecular weight excluding hydrogens is 238 g/mol. The molecule has 1 aromatic heterocycles. The zero-order valence-corrected chi connectivity index (χ0v) is 11.5. The topological polar surface area (TPSA) is 68.0 Å². The summed E-state index contributed by atoms with van der Waals surface area (Å²) in [7, 11) is 0. The van der Waals surface area contributed by atoms with Crippen molar-refractivity contribution in [3.05, 3.63) is 36.7 Å². The number of aromatic nitrogens is 1. The maximum absolute atomic E-state index is 12.1. The Bertz CT molecular complexity index is 596. The smallest absolute Gasteiger partial charge is 0.241 e. The Morgan fingerprint density at radius 1 is 1.32 bits per heavy atom. The van der Waals surface area contributed by atoms with E-state index in [-0.39, 0.29) is 11.3 Å². The summed E-state index contributed by atoms with van der Waals surface area (Å²) in [5.74, 6) is -0.177. The number of anilines is 1. The largest absolute Gasteiger partial charge is 0.324 e. The Morgan fingerprint density at radius 3 is 2.74 bits per heavy atom. The van der Waals surface area contributed by atoms with Crippen molar-refractivity contribution in [3.63, 3.8) is 0 Å². The summed E-state index contributed by atoms with van der Waals surface area (Å²) in [5, 5.41) is 4.84. The Labute approximate surface area is 113 Å². The van der Waals surface area contributed by atoms with Crippen LogP contribution in [-0.4, -0.2) is 16.9 Å². The highest BCUT2D eigenvalue weighted by Crippen LogP contribution is 2.24. The Morgan fingerprint density at radius 2 is 2.05 bits per heavy atom. The molecule has 2 rings (SSSR count). The molecule has 0 bridgehead atoms. The van der Waals surface area contributed by atoms with Crippen molar-refractivity contribution >= 4 is 22.4 Å². The molecule has 4 nitrogen and oxygen atoms in total. The first-order valence-electron chi connectivity index (χ1n) is 6.29. The molecule has 0 saturated carbocycles. The number of carbonyl (C=O) groups excluding carboxylic acids is 1. The van der Waals surface area contributed by atoms with E-state index in [4.69, 9.17) is 5.73 Å². The summed E-state index contributed by atoms with van der Waals surface area (Å²) in [5.41, 5.74) is 6.43. The quantitative estimate of drug-likeness (QED) is 0.868. The minimum Gasteiger partial charge on any atom is -0.324 e. The molecule has 1 heterocycles. The summed E-state index contributed by atoms with van der Waals surface area (Å²) in [6, 6.07) is 7.10. The number of hydrogen-bond acceptors (Lipinski definition) is 3. The normalized spacial score (nSPS) is 13.3. The molecule has 100 valence electrons. The van der Waals surface area contributed by atoms with Gasteiger partial charge in [-0.05, 0) is 22.9 Å². The van der Waals surface area contributed by atoms with Crippen LogP contribution in [-0.2, 0) is 4.79 Å². The van der Waals surface area contributed by atoms with E-state index in [2.05, 4.69) is 10.3 Å². The fourth-order valence-electron chi connectivity index (χ4n) is 1.83. The fraction of sp³-hybridized carbons (Fsp3) is 0.333. The van der Waals surface area contributed by atoms with Crippen LogP contribution in [0.3, 0.4) is 0 Å². The number of carbonyl (C=O) groups is 1. The third-order valence-corrected chi connectivity index (χ3v) is 3.16. The summed E-state index contributed by atoms with van der Waals surface area (Å²) in [6.07, 6.45) is 3.47. The lowest BCUT2D eigenvalue weighted by molar-refractivity contribution is -0.119. The monoisotopic (exact) mass is 257 g/mol. The zero-order valence-electron chi connectivity index (χ0n) is 11.5. The predicted molar refractivity (Wildman–Crippen MR) is 77.8 cm³/mol. The van der Waals surface area contributed by atoms with Gasteiger partial charge < -0.3 is 11.1 Å². The van der Waals surface area contributed by atoms with Gasteiger partial charge in [0.1, 0.15) is 0 Å². The molecule has 4 heteroatoms. The minimum absolute atomic E-state index is 0.177. The van der Waals surface area contributed by atoms with Crippen molar-refractivity contribution in [2.45, 2.75) is 26.8 Å². The number of amides is 1. The van der Waals surface area contributed by atoms with Gasteiger partial charge in [-0.1, -0.05) is 32.9 Å². The van der Waals surface area contributed by atoms with Crippen LogP contribution < -0.4 is 11.1 Å². The summed E-state index contributed by atoms with van der Waals surface area (Å²) < 4.78 is 0. The van der Waals surface area contributed by atoms with Gasteiger partial charge in [-0.25, -0.2) is 0 Å². The van der Waals surface area contributed by atoms with Crippen LogP contribution >= 0.6 is 0 Å². The molecule has 0 radical (unpaired) electrons. The summed E-state index contributed by atoms with van der Waals surface area (Å²) >= 11 is 0. The number of pyridine rings is 1. The van der Waals surface area contributed by atoms with Crippen LogP contribution in [0.5, 0.6) is 0 Å². The summed E-state index contributed by atoms with van der Waals surface area (Å²) in [6.45, 7) is 5.84. The Balaban J connectivity index is 2.29. The third-order valence-electron chi connectivity index (χ3n) is 3.16. The van der Waals surface area contributed by atoms with Crippen molar-refractivity contribution in [3.8, 4) is 0 Å². The maximum atomic E-state index is 12.1. The van der Waals surface area contributed by atoms with Gasteiger partial charge in [0.25, 0.3) is 0 Å². The Hall–Kier alpha value is -1.94. The molecule has 0 aliphatic heterocycles. The lowest BCUT2D eigenvalue weighted by atomic mass is 9.87. The van der Waals surface area contributed by atoms with E-state index < -0.39 is 6.04 Å². The number of nitrogens with one attached hydrogen (secondary N) is 1. The molecule has 19 heavy (non-hydrogen) atoms. The first kappa shape index (κ1) is 13.5. The second-order valence-electron chi connectivity index (χ2n) is 5.74. The fourth-order valence-corrected chi connectivity index (χ4v) is 1.83. The third kappa shape index (κ3) is 2.90. The van der Waals surface area contributed by atoms with Gasteiger partial charge in [-0.2, -0.15) is 0 Å². The summed E-state index contributed by atoms with van der Waals surface area (Å²) in [4.78, 5) is 16.2. The second kappa shape index (κ2) is 4.97. The number of benzene rings is 1. The van der Waals surface area contributed by atoms with E-state index in [1.807, 2.05) is 45.0 Å². The standard InChI is InChI=1S/C15H19N3O/c1-15(2,3)13(16)14(19)18-12-6-4-5-10-7-8-17-9-11(10)12/h4-9,13H,16H2,1-3H3,(H,18,19). The lowest BCUT2D eigenvalue weighted by Crippen LogP contribution is -2.45. The second-order valence-corrected chi connectivity index (χ2v) is 5.74. The van der Waals surface area contributed by atoms with Crippen molar-refractivity contribution in [1.29, 1.82) is 0 Å². The first-order chi connectivity index (χ1) is 8.89.